The zero-order valence-corrected chi connectivity index (χ0v) is 44.9. The summed E-state index contributed by atoms with van der Waals surface area (Å²) in [5.41, 5.74) is 24.1. The number of rotatable bonds is 31. The third-order valence-corrected chi connectivity index (χ3v) is 12.8. The van der Waals surface area contributed by atoms with Gasteiger partial charge < -0.3 is 47.4 Å². The van der Waals surface area contributed by atoms with Crippen molar-refractivity contribution in [2.24, 2.45) is 22.6 Å². The lowest BCUT2D eigenvalue weighted by atomic mass is 9.75. The number of carbonyl (C=O) groups is 3. The van der Waals surface area contributed by atoms with Gasteiger partial charge in [-0.3, -0.25) is 14.4 Å². The molecule has 0 spiro atoms. The van der Waals surface area contributed by atoms with Crippen LogP contribution in [-0.2, 0) is 64.5 Å². The highest BCUT2D eigenvalue weighted by atomic mass is 16.6. The fourth-order valence-electron chi connectivity index (χ4n) is 9.56. The van der Waals surface area contributed by atoms with E-state index in [1.54, 1.807) is 0 Å². The molecule has 0 fully saturated rings. The highest BCUT2D eigenvalue weighted by molar-refractivity contribution is 5.71. The van der Waals surface area contributed by atoms with Crippen LogP contribution in [-0.4, -0.2) is 74.0 Å². The molecule has 3 aromatic rings. The van der Waals surface area contributed by atoms with E-state index in [1.807, 2.05) is 48.5 Å². The van der Waals surface area contributed by atoms with Gasteiger partial charge in [-0.25, -0.2) is 0 Å². The Morgan fingerprint density at radius 3 is 0.855 bits per heavy atom. The molecule has 12 heteroatoms. The molecule has 3 aromatic carbocycles. The van der Waals surface area contributed by atoms with Gasteiger partial charge >= 0.3 is 17.9 Å². The monoisotopic (exact) mass is 957 g/mol. The quantitative estimate of drug-likeness (QED) is 0.0204. The third-order valence-electron chi connectivity index (χ3n) is 12.8. The summed E-state index contributed by atoms with van der Waals surface area (Å²) < 4.78 is 17.4. The summed E-state index contributed by atoms with van der Waals surface area (Å²) in [6.07, 6.45) is 3.44. The lowest BCUT2D eigenvalue weighted by molar-refractivity contribution is -0.162. The van der Waals surface area contributed by atoms with Gasteiger partial charge in [0.15, 0.2) is 0 Å². The largest absolute Gasteiger partial charge is 0.465 e. The first-order valence-electron chi connectivity index (χ1n) is 25.2. The maximum Gasteiger partial charge on any atom is 0.307 e. The van der Waals surface area contributed by atoms with Gasteiger partial charge in [0.1, 0.15) is 19.8 Å². The molecule has 0 aliphatic carbocycles. The fourth-order valence-corrected chi connectivity index (χ4v) is 9.56. The molecule has 0 aliphatic heterocycles. The van der Waals surface area contributed by atoms with E-state index in [0.29, 0.717) is 45.7 Å². The predicted octanol–water partition coefficient (Wildman–Crippen LogP) is 8.77. The van der Waals surface area contributed by atoms with Crippen LogP contribution in [0.15, 0.2) is 72.8 Å². The van der Waals surface area contributed by atoms with E-state index in [0.717, 1.165) is 36.0 Å². The Labute approximate surface area is 416 Å². The molecule has 9 N–H and O–H groups in total. The van der Waals surface area contributed by atoms with Gasteiger partial charge in [-0.2, -0.15) is 0 Å². The number of nitrogens with two attached hydrogens (primary N) is 3. The average molecular weight is 957 g/mol. The zero-order chi connectivity index (χ0) is 51.7. The Bertz CT molecular complexity index is 1790. The lowest BCUT2D eigenvalue weighted by Gasteiger charge is -2.33. The predicted molar refractivity (Wildman–Crippen MR) is 282 cm³/mol. The van der Waals surface area contributed by atoms with Crippen molar-refractivity contribution in [3.05, 3.63) is 106 Å². The van der Waals surface area contributed by atoms with Crippen LogP contribution in [0.25, 0.3) is 0 Å². The molecule has 0 aliphatic rings. The molecule has 12 nitrogen and oxygen atoms in total. The molecule has 0 saturated carbocycles. The number of hydrogen-bond acceptors (Lipinski definition) is 12. The van der Waals surface area contributed by atoms with Crippen molar-refractivity contribution in [2.45, 2.75) is 187 Å². The maximum absolute atomic E-state index is 13.1. The highest BCUT2D eigenvalue weighted by Gasteiger charge is 2.35. The van der Waals surface area contributed by atoms with E-state index in [9.17, 15) is 14.4 Å². The normalized spacial score (nSPS) is 13.0. The van der Waals surface area contributed by atoms with Crippen molar-refractivity contribution in [3.8, 4) is 0 Å². The smallest absolute Gasteiger partial charge is 0.307 e. The van der Waals surface area contributed by atoms with Crippen molar-refractivity contribution >= 4 is 17.9 Å². The summed E-state index contributed by atoms with van der Waals surface area (Å²) in [6.45, 7) is 30.3. The van der Waals surface area contributed by atoms with Crippen molar-refractivity contribution in [1.29, 1.82) is 0 Å². The van der Waals surface area contributed by atoms with Gasteiger partial charge in [0.2, 0.25) is 0 Å². The number of esters is 3. The van der Waals surface area contributed by atoms with Crippen LogP contribution in [0.3, 0.4) is 0 Å². The van der Waals surface area contributed by atoms with E-state index in [2.05, 4.69) is 130 Å². The summed E-state index contributed by atoms with van der Waals surface area (Å²) in [4.78, 5) is 39.2. The van der Waals surface area contributed by atoms with Crippen molar-refractivity contribution in [3.63, 3.8) is 0 Å². The Morgan fingerprint density at radius 1 is 0.420 bits per heavy atom. The van der Waals surface area contributed by atoms with E-state index >= 15 is 0 Å². The standard InChI is InChI=1S/C57H92N6O6/c1-14-57(39-67-48(64)27-30-61-33-42-15-21-45(22-16-42)51(2,3)36-54(8,9)58,40-68-49(65)28-31-62-34-43-17-23-46(24-18-43)52(4,5)37-55(10,11)59)41-69-50(66)29-32-63-35-44-19-25-47(26-20-44)53(6,7)38-56(12,13)60/h15-26,61-63H,14,27-41,58-60H2,1-13H3. The first kappa shape index (κ1) is 59.1. The highest BCUT2D eigenvalue weighted by Crippen LogP contribution is 2.34. The van der Waals surface area contributed by atoms with Crippen molar-refractivity contribution < 1.29 is 28.6 Å². The number of hydrogen-bond donors (Lipinski definition) is 6. The summed E-state index contributed by atoms with van der Waals surface area (Å²) in [7, 11) is 0. The van der Waals surface area contributed by atoms with Gasteiger partial charge in [-0.15, -0.1) is 0 Å². The second-order valence-corrected chi connectivity index (χ2v) is 23.9. The zero-order valence-electron chi connectivity index (χ0n) is 44.9. The summed E-state index contributed by atoms with van der Waals surface area (Å²) in [5.74, 6) is -1.19. The number of nitrogens with one attached hydrogen (secondary N) is 3. The summed E-state index contributed by atoms with van der Waals surface area (Å²) >= 11 is 0. The minimum Gasteiger partial charge on any atom is -0.465 e. The minimum atomic E-state index is -0.923. The molecule has 0 bridgehead atoms. The summed E-state index contributed by atoms with van der Waals surface area (Å²) in [5, 5.41) is 10.0. The van der Waals surface area contributed by atoms with E-state index in [-0.39, 0.29) is 71.9 Å². The van der Waals surface area contributed by atoms with E-state index in [4.69, 9.17) is 31.4 Å². The minimum absolute atomic E-state index is 0.0587. The van der Waals surface area contributed by atoms with Crippen LogP contribution in [0, 0.1) is 5.41 Å². The lowest BCUT2D eigenvalue weighted by Crippen LogP contribution is -2.39. The van der Waals surface area contributed by atoms with Crippen molar-refractivity contribution in [2.75, 3.05) is 39.5 Å². The van der Waals surface area contributed by atoms with Crippen LogP contribution in [0.4, 0.5) is 0 Å². The third kappa shape index (κ3) is 22.6. The van der Waals surface area contributed by atoms with Gasteiger partial charge in [-0.05, 0) is 117 Å². The molecule has 0 unspecified atom stereocenters. The molecule has 0 amide bonds. The van der Waals surface area contributed by atoms with Crippen LogP contribution >= 0.6 is 0 Å². The number of benzene rings is 3. The van der Waals surface area contributed by atoms with Crippen molar-refractivity contribution in [1.82, 2.24) is 16.0 Å². The molecule has 0 radical (unpaired) electrons. The molecule has 3 rings (SSSR count). The second kappa shape index (κ2) is 25.8. The number of carbonyl (C=O) groups excluding carboxylic acids is 3. The van der Waals surface area contributed by atoms with Crippen LogP contribution in [0.1, 0.15) is 168 Å². The van der Waals surface area contributed by atoms with E-state index < -0.39 is 23.3 Å². The molecule has 0 heterocycles. The first-order valence-corrected chi connectivity index (χ1v) is 25.2. The molecular formula is C57H92N6O6. The van der Waals surface area contributed by atoms with Gasteiger partial charge in [0.05, 0.1) is 24.7 Å². The Hall–Kier alpha value is -4.17. The fraction of sp³-hybridized carbons (Fsp3) is 0.632. The summed E-state index contributed by atoms with van der Waals surface area (Å²) in [6, 6.07) is 25.5. The Kier molecular flexibility index (Phi) is 22.1. The van der Waals surface area contributed by atoms with Crippen LogP contribution in [0.2, 0.25) is 0 Å². The first-order chi connectivity index (χ1) is 31.9. The molecular weight excluding hydrogens is 865 g/mol. The van der Waals surface area contributed by atoms with Crippen LogP contribution < -0.4 is 33.2 Å². The molecule has 0 atom stereocenters. The molecule has 0 saturated heterocycles. The molecule has 0 aromatic heterocycles. The van der Waals surface area contributed by atoms with E-state index in [1.165, 1.54) is 16.7 Å². The SMILES string of the molecule is CCC(COC(=O)CCNCc1ccc(C(C)(C)CC(C)(C)N)cc1)(COC(=O)CCNCc1ccc(C(C)(C)CC(C)(C)N)cc1)COC(=O)CCNCc1ccc(C(C)(C)CC(C)(C)N)cc1. The maximum atomic E-state index is 13.1. The number of ether oxygens (including phenoxy) is 3. The van der Waals surface area contributed by atoms with Gasteiger partial charge in [-0.1, -0.05) is 121 Å². The molecule has 69 heavy (non-hydrogen) atoms. The topological polar surface area (TPSA) is 193 Å². The van der Waals surface area contributed by atoms with Crippen LogP contribution in [0.5, 0.6) is 0 Å². The van der Waals surface area contributed by atoms with Gasteiger partial charge in [0, 0.05) is 55.9 Å². The average Bonchev–Trinajstić information content (AvgIpc) is 3.23. The van der Waals surface area contributed by atoms with Gasteiger partial charge in [0.25, 0.3) is 0 Å². The second-order valence-electron chi connectivity index (χ2n) is 23.9. The molecule has 386 valence electrons. The Balaban J connectivity index is 1.53. The Morgan fingerprint density at radius 2 is 0.652 bits per heavy atom.